The molecule has 0 aliphatic heterocycles. The van der Waals surface area contributed by atoms with Gasteiger partial charge in [0, 0.05) is 0 Å². The van der Waals surface area contributed by atoms with Gasteiger partial charge in [-0.2, -0.15) is 0 Å². The number of rotatable bonds is 5. The van der Waals surface area contributed by atoms with E-state index >= 15 is 0 Å². The summed E-state index contributed by atoms with van der Waals surface area (Å²) in [6.07, 6.45) is 0. The minimum absolute atomic E-state index is 0.0363. The first-order valence-corrected chi connectivity index (χ1v) is 11.5. The molecule has 0 bridgehead atoms. The quantitative estimate of drug-likeness (QED) is 0.440. The lowest BCUT2D eigenvalue weighted by molar-refractivity contribution is 0.601. The maximum Gasteiger partial charge on any atom is 0.308 e. The van der Waals surface area contributed by atoms with E-state index in [-0.39, 0.29) is 25.5 Å². The summed E-state index contributed by atoms with van der Waals surface area (Å²) in [6, 6.07) is 18.9. The molecule has 29 heavy (non-hydrogen) atoms. The van der Waals surface area contributed by atoms with Crippen molar-refractivity contribution in [3.05, 3.63) is 92.0 Å². The molecule has 1 N–H and O–H groups in total. The average molecular weight is 465 g/mol. The Morgan fingerprint density at radius 3 is 2.48 bits per heavy atom. The molecule has 4 rings (SSSR count). The highest BCUT2D eigenvalue weighted by Crippen LogP contribution is 2.31. The number of hydrogen-bond acceptors (Lipinski definition) is 4. The van der Waals surface area contributed by atoms with Gasteiger partial charge >= 0.3 is 4.87 Å². The van der Waals surface area contributed by atoms with Crippen LogP contribution in [0, 0.1) is 0 Å². The van der Waals surface area contributed by atoms with E-state index in [0.29, 0.717) is 16.8 Å². The molecule has 0 saturated carbocycles. The summed E-state index contributed by atoms with van der Waals surface area (Å²) in [5, 5.41) is 0.371. The molecule has 4 aromatic rings. The molecule has 9 heteroatoms. The molecular weight excluding hydrogens is 451 g/mol. The van der Waals surface area contributed by atoms with Gasteiger partial charge in [0.15, 0.2) is 0 Å². The van der Waals surface area contributed by atoms with Crippen molar-refractivity contribution in [2.75, 3.05) is 4.72 Å². The fraction of sp³-hybridized carbons (Fsp3) is 0.0500. The number of hydrogen-bond donors (Lipinski definition) is 1. The molecule has 0 aliphatic rings. The summed E-state index contributed by atoms with van der Waals surface area (Å²) >= 11 is 13.0. The van der Waals surface area contributed by atoms with E-state index in [0.717, 1.165) is 16.9 Å². The Balaban J connectivity index is 1.70. The van der Waals surface area contributed by atoms with Gasteiger partial charge in [-0.25, -0.2) is 8.42 Å². The minimum Gasteiger partial charge on any atom is -0.294 e. The van der Waals surface area contributed by atoms with Gasteiger partial charge in [0.1, 0.15) is 0 Å². The molecule has 5 nitrogen and oxygen atoms in total. The van der Waals surface area contributed by atoms with Crippen LogP contribution in [-0.2, 0) is 16.6 Å². The second-order valence-corrected chi connectivity index (χ2v) is 9.74. The Bertz CT molecular complexity index is 1360. The highest BCUT2D eigenvalue weighted by molar-refractivity contribution is 7.92. The highest BCUT2D eigenvalue weighted by atomic mass is 35.5. The van der Waals surface area contributed by atoms with Crippen molar-refractivity contribution < 1.29 is 8.42 Å². The second-order valence-electron chi connectivity index (χ2n) is 6.28. The fourth-order valence-electron chi connectivity index (χ4n) is 2.92. The summed E-state index contributed by atoms with van der Waals surface area (Å²) in [6.45, 7) is 0.419. The predicted octanol–water partition coefficient (Wildman–Crippen LogP) is 5.22. The van der Waals surface area contributed by atoms with Gasteiger partial charge < -0.3 is 0 Å². The monoisotopic (exact) mass is 464 g/mol. The van der Waals surface area contributed by atoms with Crippen LogP contribution in [0.1, 0.15) is 5.56 Å². The van der Waals surface area contributed by atoms with Crippen LogP contribution in [0.3, 0.4) is 0 Å². The lowest BCUT2D eigenvalue weighted by atomic mass is 10.2. The van der Waals surface area contributed by atoms with Crippen molar-refractivity contribution in [3.63, 3.8) is 0 Å². The topological polar surface area (TPSA) is 68.2 Å². The summed E-state index contributed by atoms with van der Waals surface area (Å²) in [4.78, 5) is 12.3. The summed E-state index contributed by atoms with van der Waals surface area (Å²) < 4.78 is 30.3. The van der Waals surface area contributed by atoms with Crippen LogP contribution in [0.2, 0.25) is 10.0 Å². The number of nitrogens with zero attached hydrogens (tertiary/aromatic N) is 1. The standard InChI is InChI=1S/C20H14Cl2N2O3S2/c21-15-7-4-8-16(19(15)22)23-29(26,27)14-9-10-17-18(11-14)28-20(25)24(17)12-13-5-2-1-3-6-13/h1-11,23H,12H2. The zero-order valence-corrected chi connectivity index (χ0v) is 17.9. The van der Waals surface area contributed by atoms with Crippen molar-refractivity contribution in [2.24, 2.45) is 0 Å². The predicted molar refractivity (Wildman–Crippen MR) is 119 cm³/mol. The van der Waals surface area contributed by atoms with Gasteiger partial charge in [0.05, 0.1) is 37.4 Å². The number of fused-ring (bicyclic) bond motifs is 1. The molecule has 3 aromatic carbocycles. The minimum atomic E-state index is -3.90. The third-order valence-corrected chi connectivity index (χ3v) is 7.45. The number of benzene rings is 3. The molecule has 0 saturated heterocycles. The zero-order valence-electron chi connectivity index (χ0n) is 14.8. The highest BCUT2D eigenvalue weighted by Gasteiger charge is 2.19. The molecular formula is C20H14Cl2N2O3S2. The van der Waals surface area contributed by atoms with E-state index in [2.05, 4.69) is 4.72 Å². The van der Waals surface area contributed by atoms with E-state index in [1.807, 2.05) is 30.3 Å². The Morgan fingerprint density at radius 1 is 0.966 bits per heavy atom. The number of thiazole rings is 1. The van der Waals surface area contributed by atoms with E-state index in [4.69, 9.17) is 23.2 Å². The van der Waals surface area contributed by atoms with Crippen LogP contribution in [0.15, 0.2) is 76.4 Å². The van der Waals surface area contributed by atoms with E-state index in [1.54, 1.807) is 22.8 Å². The largest absolute Gasteiger partial charge is 0.308 e. The van der Waals surface area contributed by atoms with Crippen LogP contribution in [0.5, 0.6) is 0 Å². The molecule has 0 radical (unpaired) electrons. The summed E-state index contributed by atoms with van der Waals surface area (Å²) in [7, 11) is -3.90. The SMILES string of the molecule is O=c1sc2cc(S(=O)(=O)Nc3cccc(Cl)c3Cl)ccc2n1Cc1ccccc1. The molecule has 148 valence electrons. The summed E-state index contributed by atoms with van der Waals surface area (Å²) in [5.74, 6) is 0. The third-order valence-electron chi connectivity index (χ3n) is 4.33. The molecule has 0 fully saturated rings. The number of nitrogens with one attached hydrogen (secondary N) is 1. The number of anilines is 1. The number of halogens is 2. The molecule has 0 amide bonds. The van der Waals surface area contributed by atoms with Crippen LogP contribution in [0.4, 0.5) is 5.69 Å². The molecule has 1 aromatic heterocycles. The summed E-state index contributed by atoms with van der Waals surface area (Å²) in [5.41, 5.74) is 1.86. The van der Waals surface area contributed by atoms with Crippen molar-refractivity contribution in [3.8, 4) is 0 Å². The van der Waals surface area contributed by atoms with Gasteiger partial charge in [-0.15, -0.1) is 0 Å². The fourth-order valence-corrected chi connectivity index (χ4v) is 5.42. The van der Waals surface area contributed by atoms with Crippen LogP contribution in [0.25, 0.3) is 10.2 Å². The second kappa shape index (κ2) is 7.84. The third kappa shape index (κ3) is 4.04. The average Bonchev–Trinajstić information content (AvgIpc) is 3.01. The lowest BCUT2D eigenvalue weighted by Crippen LogP contribution is -2.14. The Kier molecular flexibility index (Phi) is 5.40. The van der Waals surface area contributed by atoms with E-state index in [9.17, 15) is 13.2 Å². The van der Waals surface area contributed by atoms with Gasteiger partial charge in [-0.1, -0.05) is 70.9 Å². The smallest absolute Gasteiger partial charge is 0.294 e. The zero-order chi connectivity index (χ0) is 20.6. The van der Waals surface area contributed by atoms with Gasteiger partial charge in [0.2, 0.25) is 0 Å². The van der Waals surface area contributed by atoms with Crippen LogP contribution < -0.4 is 9.60 Å². The first kappa shape index (κ1) is 20.0. The molecule has 0 unspecified atom stereocenters. The van der Waals surface area contributed by atoms with Crippen LogP contribution in [-0.4, -0.2) is 13.0 Å². The van der Waals surface area contributed by atoms with Crippen molar-refractivity contribution in [1.29, 1.82) is 0 Å². The Labute approximate surface area is 181 Å². The maximum absolute atomic E-state index is 12.8. The normalized spacial score (nSPS) is 11.7. The van der Waals surface area contributed by atoms with Gasteiger partial charge in [-0.3, -0.25) is 14.1 Å². The molecule has 0 aliphatic carbocycles. The Morgan fingerprint density at radius 2 is 1.72 bits per heavy atom. The first-order chi connectivity index (χ1) is 13.8. The number of aromatic nitrogens is 1. The van der Waals surface area contributed by atoms with E-state index in [1.165, 1.54) is 18.2 Å². The van der Waals surface area contributed by atoms with Gasteiger partial charge in [-0.05, 0) is 35.9 Å². The van der Waals surface area contributed by atoms with Crippen molar-refractivity contribution in [1.82, 2.24) is 4.57 Å². The molecule has 0 spiro atoms. The lowest BCUT2D eigenvalue weighted by Gasteiger charge is -2.11. The van der Waals surface area contributed by atoms with Crippen molar-refractivity contribution >= 4 is 60.5 Å². The van der Waals surface area contributed by atoms with E-state index < -0.39 is 10.0 Å². The first-order valence-electron chi connectivity index (χ1n) is 8.49. The molecule has 0 atom stereocenters. The van der Waals surface area contributed by atoms with Crippen LogP contribution >= 0.6 is 34.5 Å². The van der Waals surface area contributed by atoms with Gasteiger partial charge in [0.25, 0.3) is 10.0 Å². The van der Waals surface area contributed by atoms with Crippen molar-refractivity contribution in [2.45, 2.75) is 11.4 Å². The number of sulfonamides is 1. The molecule has 1 heterocycles. The Hall–Kier alpha value is -2.32. The maximum atomic E-state index is 12.8.